The number of piperidine rings is 1. The average molecular weight is 361 g/mol. The lowest BCUT2D eigenvalue weighted by molar-refractivity contribution is 0.0672. The number of nitrogens with one attached hydrogen (secondary N) is 1. The fourth-order valence-electron chi connectivity index (χ4n) is 3.85. The maximum Gasteiger partial charge on any atom is 0.253 e. The Bertz CT molecular complexity index is 959. The maximum atomic E-state index is 12.9. The first kappa shape index (κ1) is 17.5. The van der Waals surface area contributed by atoms with Crippen molar-refractivity contribution in [2.75, 3.05) is 13.1 Å². The van der Waals surface area contributed by atoms with Crippen molar-refractivity contribution < 1.29 is 9.59 Å². The molecular weight excluding hydrogens is 338 g/mol. The fourth-order valence-corrected chi connectivity index (χ4v) is 3.85. The lowest BCUT2D eigenvalue weighted by atomic mass is 9.94. The molecule has 3 aromatic rings. The Hall–Kier alpha value is -2.95. The first-order chi connectivity index (χ1) is 13.1. The van der Waals surface area contributed by atoms with E-state index < -0.39 is 0 Å². The molecule has 1 amide bonds. The number of hydrogen-bond donors (Lipinski definition) is 1. The molecule has 1 aromatic heterocycles. The van der Waals surface area contributed by atoms with Crippen LogP contribution >= 0.6 is 0 Å². The van der Waals surface area contributed by atoms with Gasteiger partial charge < -0.3 is 9.88 Å². The summed E-state index contributed by atoms with van der Waals surface area (Å²) in [5.74, 6) is 1.35. The van der Waals surface area contributed by atoms with E-state index in [4.69, 9.17) is 0 Å². The topological polar surface area (TPSA) is 66.1 Å². The molecule has 27 heavy (non-hydrogen) atoms. The molecule has 4 rings (SSSR count). The maximum absolute atomic E-state index is 12.9. The lowest BCUT2D eigenvalue weighted by Gasteiger charge is -2.32. The monoisotopic (exact) mass is 361 g/mol. The van der Waals surface area contributed by atoms with E-state index in [1.54, 1.807) is 24.3 Å². The molecule has 0 spiro atoms. The van der Waals surface area contributed by atoms with Crippen LogP contribution in [0.1, 0.15) is 46.3 Å². The third-order valence-corrected chi connectivity index (χ3v) is 5.24. The molecule has 1 saturated heterocycles. The number of nitrogens with zero attached hydrogens (tertiary/aromatic N) is 2. The van der Waals surface area contributed by atoms with E-state index >= 15 is 0 Å². The van der Waals surface area contributed by atoms with Crippen molar-refractivity contribution in [1.82, 2.24) is 14.9 Å². The number of hydrogen-bond acceptors (Lipinski definition) is 3. The number of imidazole rings is 1. The molecule has 0 radical (unpaired) electrons. The molecule has 5 heteroatoms. The fraction of sp³-hybridized carbons (Fsp3) is 0.318. The largest absolute Gasteiger partial charge is 0.342 e. The van der Waals surface area contributed by atoms with Crippen LogP contribution in [0.3, 0.4) is 0 Å². The number of aromatic amines is 1. The predicted molar refractivity (Wildman–Crippen MR) is 105 cm³/mol. The van der Waals surface area contributed by atoms with Gasteiger partial charge >= 0.3 is 0 Å². The minimum atomic E-state index is -0.0222. The molecule has 2 heterocycles. The van der Waals surface area contributed by atoms with E-state index in [9.17, 15) is 9.59 Å². The summed E-state index contributed by atoms with van der Waals surface area (Å²) in [5, 5.41) is 0. The number of fused-ring (bicyclic) bond motifs is 1. The van der Waals surface area contributed by atoms with Crippen LogP contribution in [0, 0.1) is 5.92 Å². The van der Waals surface area contributed by atoms with E-state index in [2.05, 4.69) is 9.97 Å². The summed E-state index contributed by atoms with van der Waals surface area (Å²) in [6.07, 6.45) is 2.92. The zero-order valence-electron chi connectivity index (χ0n) is 15.4. The van der Waals surface area contributed by atoms with Gasteiger partial charge in [-0.15, -0.1) is 0 Å². The summed E-state index contributed by atoms with van der Waals surface area (Å²) >= 11 is 0. The highest BCUT2D eigenvalue weighted by molar-refractivity contribution is 5.99. The average Bonchev–Trinajstić information content (AvgIpc) is 3.10. The number of carbonyl (C=O) groups is 2. The number of likely N-dealkylation sites (tertiary alicyclic amines) is 1. The Morgan fingerprint density at radius 1 is 1.15 bits per heavy atom. The highest BCUT2D eigenvalue weighted by atomic mass is 16.2. The number of carbonyl (C=O) groups excluding carboxylic acids is 2. The van der Waals surface area contributed by atoms with Gasteiger partial charge in [0.15, 0.2) is 5.78 Å². The molecule has 0 saturated carbocycles. The van der Waals surface area contributed by atoms with Gasteiger partial charge in [-0.25, -0.2) is 4.98 Å². The summed E-state index contributed by atoms with van der Waals surface area (Å²) in [7, 11) is 0. The summed E-state index contributed by atoms with van der Waals surface area (Å²) in [6, 6.07) is 15.0. The third kappa shape index (κ3) is 3.77. The van der Waals surface area contributed by atoms with Gasteiger partial charge in [0, 0.05) is 30.6 Å². The molecule has 138 valence electrons. The molecule has 1 atom stereocenters. The molecule has 1 N–H and O–H groups in total. The van der Waals surface area contributed by atoms with Crippen LogP contribution in [0.5, 0.6) is 0 Å². The van der Waals surface area contributed by atoms with Crippen molar-refractivity contribution >= 4 is 22.7 Å². The number of Topliss-reactive ketones (excluding diaryl/α,β-unsaturated/α-hetero) is 1. The first-order valence-corrected chi connectivity index (χ1v) is 9.44. The van der Waals surface area contributed by atoms with Crippen molar-refractivity contribution in [1.29, 1.82) is 0 Å². The Morgan fingerprint density at radius 2 is 1.96 bits per heavy atom. The first-order valence-electron chi connectivity index (χ1n) is 9.44. The molecule has 0 unspecified atom stereocenters. The number of amides is 1. The number of ketones is 1. The number of para-hydroxylation sites is 2. The van der Waals surface area contributed by atoms with Crippen LogP contribution in [0.4, 0.5) is 0 Å². The van der Waals surface area contributed by atoms with Crippen LogP contribution in [-0.2, 0) is 6.42 Å². The van der Waals surface area contributed by atoms with Gasteiger partial charge in [-0.05, 0) is 49.9 Å². The van der Waals surface area contributed by atoms with E-state index in [-0.39, 0.29) is 11.7 Å². The van der Waals surface area contributed by atoms with E-state index in [0.717, 1.165) is 49.2 Å². The molecule has 1 aliphatic rings. The van der Waals surface area contributed by atoms with Gasteiger partial charge in [0.2, 0.25) is 0 Å². The quantitative estimate of drug-likeness (QED) is 0.718. The second-order valence-corrected chi connectivity index (χ2v) is 7.30. The zero-order chi connectivity index (χ0) is 18.8. The zero-order valence-corrected chi connectivity index (χ0v) is 15.4. The van der Waals surface area contributed by atoms with Gasteiger partial charge in [-0.2, -0.15) is 0 Å². The molecule has 1 fully saturated rings. The molecular formula is C22H23N3O2. The van der Waals surface area contributed by atoms with Gasteiger partial charge in [0.05, 0.1) is 11.0 Å². The van der Waals surface area contributed by atoms with Gasteiger partial charge in [0.25, 0.3) is 5.91 Å². The minimum Gasteiger partial charge on any atom is -0.342 e. The smallest absolute Gasteiger partial charge is 0.253 e. The second-order valence-electron chi connectivity index (χ2n) is 7.30. The van der Waals surface area contributed by atoms with Crippen LogP contribution in [0.15, 0.2) is 48.5 Å². The SMILES string of the molecule is CC(=O)c1cccc(C(=O)N2CCC[C@@H](Cc3nc4ccccc4[nH]3)C2)c1. The van der Waals surface area contributed by atoms with Crippen LogP contribution in [-0.4, -0.2) is 39.6 Å². The van der Waals surface area contributed by atoms with Crippen molar-refractivity contribution in [2.24, 2.45) is 5.92 Å². The van der Waals surface area contributed by atoms with Gasteiger partial charge in [-0.3, -0.25) is 9.59 Å². The summed E-state index contributed by atoms with van der Waals surface area (Å²) in [6.45, 7) is 3.01. The normalized spacial score (nSPS) is 17.2. The molecule has 0 aliphatic carbocycles. The van der Waals surface area contributed by atoms with E-state index in [1.165, 1.54) is 6.92 Å². The molecule has 2 aromatic carbocycles. The van der Waals surface area contributed by atoms with E-state index in [1.807, 2.05) is 29.2 Å². The summed E-state index contributed by atoms with van der Waals surface area (Å²) in [5.41, 5.74) is 3.21. The Balaban J connectivity index is 1.46. The number of benzene rings is 2. The van der Waals surface area contributed by atoms with Crippen molar-refractivity contribution in [3.05, 3.63) is 65.5 Å². The van der Waals surface area contributed by atoms with Crippen molar-refractivity contribution in [3.63, 3.8) is 0 Å². The number of rotatable bonds is 4. The van der Waals surface area contributed by atoms with Crippen LogP contribution < -0.4 is 0 Å². The molecule has 5 nitrogen and oxygen atoms in total. The number of H-pyrrole nitrogens is 1. The van der Waals surface area contributed by atoms with Crippen molar-refractivity contribution in [3.8, 4) is 0 Å². The molecule has 1 aliphatic heterocycles. The minimum absolute atomic E-state index is 0.00686. The predicted octanol–water partition coefficient (Wildman–Crippen LogP) is 3.86. The lowest BCUT2D eigenvalue weighted by Crippen LogP contribution is -2.40. The molecule has 0 bridgehead atoms. The summed E-state index contributed by atoms with van der Waals surface area (Å²) < 4.78 is 0. The second kappa shape index (κ2) is 7.35. The Kier molecular flexibility index (Phi) is 4.75. The third-order valence-electron chi connectivity index (χ3n) is 5.24. The summed E-state index contributed by atoms with van der Waals surface area (Å²) in [4.78, 5) is 34.5. The van der Waals surface area contributed by atoms with Gasteiger partial charge in [-0.1, -0.05) is 24.3 Å². The van der Waals surface area contributed by atoms with Crippen molar-refractivity contribution in [2.45, 2.75) is 26.2 Å². The van der Waals surface area contributed by atoms with Crippen LogP contribution in [0.25, 0.3) is 11.0 Å². The van der Waals surface area contributed by atoms with E-state index in [0.29, 0.717) is 17.0 Å². The Labute approximate surface area is 158 Å². The standard InChI is InChI=1S/C22H23N3O2/c1-15(26)17-7-4-8-18(13-17)22(27)25-11-5-6-16(14-25)12-21-23-19-9-2-3-10-20(19)24-21/h2-4,7-10,13,16H,5-6,11-12,14H2,1H3,(H,23,24)/t16-/m0/s1. The van der Waals surface area contributed by atoms with Gasteiger partial charge in [0.1, 0.15) is 5.82 Å². The Morgan fingerprint density at radius 3 is 2.78 bits per heavy atom. The number of aromatic nitrogens is 2. The highest BCUT2D eigenvalue weighted by Gasteiger charge is 2.25. The van der Waals surface area contributed by atoms with Crippen LogP contribution in [0.2, 0.25) is 0 Å². The highest BCUT2D eigenvalue weighted by Crippen LogP contribution is 2.23.